The molecule has 0 spiro atoms. The van der Waals surface area contributed by atoms with Crippen LogP contribution in [0.1, 0.15) is 19.4 Å². The van der Waals surface area contributed by atoms with Gasteiger partial charge >= 0.3 is 5.97 Å². The Hall–Kier alpha value is -1.54. The number of anilines is 1. The first-order valence-electron chi connectivity index (χ1n) is 4.58. The average molecular weight is 283 g/mol. The van der Waals surface area contributed by atoms with Gasteiger partial charge in [-0.25, -0.2) is 4.79 Å². The molecule has 1 rings (SSSR count). The van der Waals surface area contributed by atoms with E-state index in [0.29, 0.717) is 15.7 Å². The molecule has 0 fully saturated rings. The first-order chi connectivity index (χ1) is 7.36. The molecule has 5 heteroatoms. The summed E-state index contributed by atoms with van der Waals surface area (Å²) in [7, 11) is 0. The van der Waals surface area contributed by atoms with Gasteiger partial charge in [0.1, 0.15) is 5.54 Å². The largest absolute Gasteiger partial charge is 0.480 e. The lowest BCUT2D eigenvalue weighted by Crippen LogP contribution is -2.40. The molecule has 1 aromatic rings. The van der Waals surface area contributed by atoms with Gasteiger partial charge in [-0.05, 0) is 48.0 Å². The zero-order valence-electron chi connectivity index (χ0n) is 8.91. The second-order valence-electron chi connectivity index (χ2n) is 3.86. The number of hydrogen-bond acceptors (Lipinski definition) is 3. The van der Waals surface area contributed by atoms with Crippen LogP contribution >= 0.6 is 15.9 Å². The SMILES string of the molecule is CC(C)(Nc1ccc(C#N)cc1Br)C(=O)O. The van der Waals surface area contributed by atoms with Crippen LogP contribution in [0, 0.1) is 11.3 Å². The van der Waals surface area contributed by atoms with Crippen LogP contribution in [0.5, 0.6) is 0 Å². The summed E-state index contributed by atoms with van der Waals surface area (Å²) < 4.78 is 0.667. The Balaban J connectivity index is 3.00. The van der Waals surface area contributed by atoms with Gasteiger partial charge in [-0.1, -0.05) is 0 Å². The molecule has 0 bridgehead atoms. The first kappa shape index (κ1) is 12.5. The number of carboxylic acids is 1. The number of carboxylic acid groups (broad SMARTS) is 1. The number of rotatable bonds is 3. The zero-order chi connectivity index (χ0) is 12.3. The number of benzene rings is 1. The predicted octanol–water partition coefficient (Wildman–Crippen LogP) is 2.60. The Bertz CT molecular complexity index is 464. The average Bonchev–Trinajstić information content (AvgIpc) is 2.20. The Kier molecular flexibility index (Phi) is 3.55. The van der Waals surface area contributed by atoms with Crippen molar-refractivity contribution in [1.82, 2.24) is 0 Å². The van der Waals surface area contributed by atoms with Crippen LogP contribution in [0.15, 0.2) is 22.7 Å². The molecular formula is C11H11BrN2O2. The Morgan fingerprint density at radius 2 is 2.19 bits per heavy atom. The molecule has 84 valence electrons. The van der Waals surface area contributed by atoms with Gasteiger partial charge < -0.3 is 10.4 Å². The van der Waals surface area contributed by atoms with Crippen molar-refractivity contribution in [3.63, 3.8) is 0 Å². The lowest BCUT2D eigenvalue weighted by molar-refractivity contribution is -0.141. The highest BCUT2D eigenvalue weighted by molar-refractivity contribution is 9.10. The molecular weight excluding hydrogens is 272 g/mol. The Labute approximate surface area is 102 Å². The molecule has 0 saturated carbocycles. The van der Waals surface area contributed by atoms with E-state index in [1.165, 1.54) is 0 Å². The van der Waals surface area contributed by atoms with Crippen molar-refractivity contribution in [2.75, 3.05) is 5.32 Å². The van der Waals surface area contributed by atoms with E-state index in [0.717, 1.165) is 0 Å². The second kappa shape index (κ2) is 4.54. The fraction of sp³-hybridized carbons (Fsp3) is 0.273. The van der Waals surface area contributed by atoms with E-state index >= 15 is 0 Å². The van der Waals surface area contributed by atoms with Crippen molar-refractivity contribution in [3.8, 4) is 6.07 Å². The van der Waals surface area contributed by atoms with Gasteiger partial charge in [0.25, 0.3) is 0 Å². The molecule has 4 nitrogen and oxygen atoms in total. The molecule has 16 heavy (non-hydrogen) atoms. The van der Waals surface area contributed by atoms with Crippen LogP contribution in [0.25, 0.3) is 0 Å². The summed E-state index contributed by atoms with van der Waals surface area (Å²) in [6, 6.07) is 6.95. The topological polar surface area (TPSA) is 73.1 Å². The van der Waals surface area contributed by atoms with E-state index in [1.807, 2.05) is 6.07 Å². The number of nitriles is 1. The quantitative estimate of drug-likeness (QED) is 0.894. The highest BCUT2D eigenvalue weighted by Crippen LogP contribution is 2.26. The fourth-order valence-corrected chi connectivity index (χ4v) is 1.55. The van der Waals surface area contributed by atoms with E-state index in [-0.39, 0.29) is 0 Å². The summed E-state index contributed by atoms with van der Waals surface area (Å²) in [5.74, 6) is -0.941. The van der Waals surface area contributed by atoms with Crippen LogP contribution in [0.4, 0.5) is 5.69 Å². The molecule has 0 aliphatic carbocycles. The molecule has 1 aromatic carbocycles. The van der Waals surface area contributed by atoms with Gasteiger partial charge in [0.05, 0.1) is 11.6 Å². The van der Waals surface area contributed by atoms with Crippen molar-refractivity contribution in [2.24, 2.45) is 0 Å². The third kappa shape index (κ3) is 2.74. The highest BCUT2D eigenvalue weighted by atomic mass is 79.9. The van der Waals surface area contributed by atoms with Gasteiger partial charge in [-0.3, -0.25) is 0 Å². The van der Waals surface area contributed by atoms with Gasteiger partial charge in [-0.15, -0.1) is 0 Å². The van der Waals surface area contributed by atoms with E-state index < -0.39 is 11.5 Å². The summed E-state index contributed by atoms with van der Waals surface area (Å²) in [6.07, 6.45) is 0. The minimum atomic E-state index is -1.06. The Morgan fingerprint density at radius 3 is 2.62 bits per heavy atom. The highest BCUT2D eigenvalue weighted by Gasteiger charge is 2.27. The van der Waals surface area contributed by atoms with Gasteiger partial charge in [0.2, 0.25) is 0 Å². The van der Waals surface area contributed by atoms with E-state index in [4.69, 9.17) is 10.4 Å². The number of aliphatic carboxylic acids is 1. The lowest BCUT2D eigenvalue weighted by atomic mass is 10.1. The second-order valence-corrected chi connectivity index (χ2v) is 4.72. The summed E-state index contributed by atoms with van der Waals surface area (Å²) in [5.41, 5.74) is 0.105. The van der Waals surface area contributed by atoms with Crippen molar-refractivity contribution < 1.29 is 9.90 Å². The summed E-state index contributed by atoms with van der Waals surface area (Å²) in [5, 5.41) is 20.5. The maximum atomic E-state index is 10.9. The third-order valence-corrected chi connectivity index (χ3v) is 2.74. The Morgan fingerprint density at radius 1 is 1.56 bits per heavy atom. The minimum Gasteiger partial charge on any atom is -0.480 e. The normalized spacial score (nSPS) is 10.6. The van der Waals surface area contributed by atoms with Crippen LogP contribution in [-0.2, 0) is 4.79 Å². The molecule has 2 N–H and O–H groups in total. The molecule has 0 aliphatic heterocycles. The number of halogens is 1. The van der Waals surface area contributed by atoms with Crippen molar-refractivity contribution in [2.45, 2.75) is 19.4 Å². The standard InChI is InChI=1S/C11H11BrN2O2/c1-11(2,10(15)16)14-9-4-3-7(6-13)5-8(9)12/h3-5,14H,1-2H3,(H,15,16). The molecule has 0 saturated heterocycles. The smallest absolute Gasteiger partial charge is 0.328 e. The molecule has 0 unspecified atom stereocenters. The zero-order valence-corrected chi connectivity index (χ0v) is 10.5. The van der Waals surface area contributed by atoms with E-state index in [2.05, 4.69) is 21.2 Å². The maximum Gasteiger partial charge on any atom is 0.328 e. The third-order valence-electron chi connectivity index (χ3n) is 2.08. The fourth-order valence-electron chi connectivity index (χ4n) is 1.08. The summed E-state index contributed by atoms with van der Waals surface area (Å²) >= 11 is 3.28. The molecule has 0 amide bonds. The summed E-state index contributed by atoms with van der Waals surface area (Å²) in [4.78, 5) is 10.9. The molecule has 0 heterocycles. The molecule has 0 atom stereocenters. The molecule has 0 aliphatic rings. The van der Waals surface area contributed by atoms with Gasteiger partial charge in [0, 0.05) is 10.2 Å². The first-order valence-corrected chi connectivity index (χ1v) is 5.37. The summed E-state index contributed by atoms with van der Waals surface area (Å²) in [6.45, 7) is 3.14. The monoisotopic (exact) mass is 282 g/mol. The maximum absolute atomic E-state index is 10.9. The van der Waals surface area contributed by atoms with Crippen molar-refractivity contribution >= 4 is 27.6 Å². The van der Waals surface area contributed by atoms with Crippen LogP contribution in [0.3, 0.4) is 0 Å². The number of hydrogen-bond donors (Lipinski definition) is 2. The van der Waals surface area contributed by atoms with Crippen LogP contribution < -0.4 is 5.32 Å². The molecule has 0 aromatic heterocycles. The van der Waals surface area contributed by atoms with Gasteiger partial charge in [-0.2, -0.15) is 5.26 Å². The lowest BCUT2D eigenvalue weighted by Gasteiger charge is -2.23. The number of carbonyl (C=O) groups is 1. The van der Waals surface area contributed by atoms with E-state index in [9.17, 15) is 4.79 Å². The van der Waals surface area contributed by atoms with Crippen molar-refractivity contribution in [3.05, 3.63) is 28.2 Å². The molecule has 0 radical (unpaired) electrons. The van der Waals surface area contributed by atoms with Gasteiger partial charge in [0.15, 0.2) is 0 Å². The minimum absolute atomic E-state index is 0.519. The number of nitrogens with one attached hydrogen (secondary N) is 1. The van der Waals surface area contributed by atoms with E-state index in [1.54, 1.807) is 32.0 Å². The predicted molar refractivity (Wildman–Crippen MR) is 64.2 cm³/mol. The van der Waals surface area contributed by atoms with Crippen molar-refractivity contribution in [1.29, 1.82) is 5.26 Å². The van der Waals surface area contributed by atoms with Crippen LogP contribution in [-0.4, -0.2) is 16.6 Å². The van der Waals surface area contributed by atoms with Crippen LogP contribution in [0.2, 0.25) is 0 Å². The number of nitrogens with zero attached hydrogens (tertiary/aromatic N) is 1.